The van der Waals surface area contributed by atoms with Gasteiger partial charge in [0.25, 0.3) is 5.91 Å². The molecule has 0 spiro atoms. The lowest BCUT2D eigenvalue weighted by Crippen LogP contribution is -2.55. The SMILES string of the molecule is CCN1CCN(c2ccc(C(=O)N[C@H](C(=O)N3C[C@H](NC)[C@H]4OCC(=O)[C@H]43)C3CCCCC3)cc2)CC1. The van der Waals surface area contributed by atoms with E-state index >= 15 is 0 Å². The molecule has 9 heteroatoms. The van der Waals surface area contributed by atoms with E-state index in [2.05, 4.69) is 27.4 Å². The molecule has 2 amide bonds. The minimum Gasteiger partial charge on any atom is -0.369 e. The van der Waals surface area contributed by atoms with Crippen LogP contribution < -0.4 is 15.5 Å². The number of hydrogen-bond donors (Lipinski definition) is 2. The van der Waals surface area contributed by atoms with E-state index in [0.29, 0.717) is 12.1 Å². The Hall–Kier alpha value is -2.49. The van der Waals surface area contributed by atoms with Gasteiger partial charge < -0.3 is 30.1 Å². The molecule has 3 heterocycles. The number of fused-ring (bicyclic) bond motifs is 1. The second kappa shape index (κ2) is 11.5. The van der Waals surface area contributed by atoms with E-state index in [0.717, 1.165) is 70.5 Å². The Kier molecular flexibility index (Phi) is 8.12. The summed E-state index contributed by atoms with van der Waals surface area (Å²) in [5.41, 5.74) is 1.67. The Bertz CT molecular complexity index is 971. The van der Waals surface area contributed by atoms with Crippen molar-refractivity contribution in [1.29, 1.82) is 0 Å². The highest BCUT2D eigenvalue weighted by molar-refractivity contribution is 5.99. The van der Waals surface area contributed by atoms with Gasteiger partial charge in [0.2, 0.25) is 5.91 Å². The summed E-state index contributed by atoms with van der Waals surface area (Å²) in [6, 6.07) is 6.43. The number of carbonyl (C=O) groups excluding carboxylic acids is 3. The number of ketones is 1. The van der Waals surface area contributed by atoms with Crippen LogP contribution in [0.4, 0.5) is 5.69 Å². The molecule has 0 radical (unpaired) electrons. The van der Waals surface area contributed by atoms with Crippen LogP contribution in [0.3, 0.4) is 0 Å². The van der Waals surface area contributed by atoms with Gasteiger partial charge in [0.1, 0.15) is 24.8 Å². The average molecular weight is 512 g/mol. The van der Waals surface area contributed by atoms with Crippen LogP contribution in [0.1, 0.15) is 49.4 Å². The van der Waals surface area contributed by atoms with Crippen molar-refractivity contribution in [2.45, 2.75) is 63.3 Å². The topological polar surface area (TPSA) is 94.2 Å². The molecule has 202 valence electrons. The average Bonchev–Trinajstić information content (AvgIpc) is 3.52. The molecule has 1 saturated carbocycles. The Balaban J connectivity index is 1.30. The van der Waals surface area contributed by atoms with Gasteiger partial charge >= 0.3 is 0 Å². The number of benzene rings is 1. The van der Waals surface area contributed by atoms with E-state index in [4.69, 9.17) is 4.74 Å². The van der Waals surface area contributed by atoms with Crippen molar-refractivity contribution in [2.75, 3.05) is 57.8 Å². The van der Waals surface area contributed by atoms with Crippen LogP contribution in [-0.2, 0) is 14.3 Å². The zero-order valence-corrected chi connectivity index (χ0v) is 22.2. The van der Waals surface area contributed by atoms with Crippen molar-refractivity contribution < 1.29 is 19.1 Å². The van der Waals surface area contributed by atoms with Gasteiger partial charge in [-0.2, -0.15) is 0 Å². The molecule has 9 nitrogen and oxygen atoms in total. The number of anilines is 1. The summed E-state index contributed by atoms with van der Waals surface area (Å²) in [6.45, 7) is 7.76. The molecule has 1 aliphatic carbocycles. The normalized spacial score (nSPS) is 27.8. The summed E-state index contributed by atoms with van der Waals surface area (Å²) in [4.78, 5) is 46.4. The molecule has 4 aliphatic rings. The van der Waals surface area contributed by atoms with E-state index in [1.54, 1.807) is 4.90 Å². The molecule has 3 saturated heterocycles. The molecule has 0 bridgehead atoms. The zero-order chi connectivity index (χ0) is 25.9. The quantitative estimate of drug-likeness (QED) is 0.570. The maximum absolute atomic E-state index is 13.9. The van der Waals surface area contributed by atoms with Gasteiger partial charge in [0, 0.05) is 44.0 Å². The maximum atomic E-state index is 13.9. The number of carbonyl (C=O) groups is 3. The first-order chi connectivity index (χ1) is 18.0. The Morgan fingerprint density at radius 2 is 1.76 bits per heavy atom. The van der Waals surface area contributed by atoms with Gasteiger partial charge in [0.05, 0.1) is 6.04 Å². The Morgan fingerprint density at radius 1 is 1.05 bits per heavy atom. The van der Waals surface area contributed by atoms with Gasteiger partial charge in [-0.1, -0.05) is 26.2 Å². The highest BCUT2D eigenvalue weighted by Crippen LogP contribution is 2.32. The largest absolute Gasteiger partial charge is 0.369 e. The molecule has 2 N–H and O–H groups in total. The van der Waals surface area contributed by atoms with Crippen molar-refractivity contribution in [2.24, 2.45) is 5.92 Å². The third kappa shape index (κ3) is 5.40. The number of nitrogens with zero attached hydrogens (tertiary/aromatic N) is 3. The molecule has 4 atom stereocenters. The van der Waals surface area contributed by atoms with Gasteiger partial charge in [-0.15, -0.1) is 0 Å². The molecule has 37 heavy (non-hydrogen) atoms. The standard InChI is InChI=1S/C28H41N5O4/c1-3-31-13-15-32(16-14-31)21-11-9-20(10-12-21)27(35)30-24(19-7-5-4-6-8-19)28(36)33-17-22(29-2)26-25(33)23(34)18-37-26/h9-12,19,22,24-26,29H,3-8,13-18H2,1-2H3,(H,30,35)/t22-,24-,25+,26+/m0/s1. The first kappa shape index (κ1) is 26.1. The fourth-order valence-electron chi connectivity index (χ4n) is 6.54. The summed E-state index contributed by atoms with van der Waals surface area (Å²) in [5.74, 6) is -0.373. The van der Waals surface area contributed by atoms with E-state index < -0.39 is 12.1 Å². The number of likely N-dealkylation sites (N-methyl/N-ethyl adjacent to an activating group) is 2. The molecular formula is C28H41N5O4. The summed E-state index contributed by atoms with van der Waals surface area (Å²) in [5, 5.41) is 6.30. The van der Waals surface area contributed by atoms with Crippen molar-refractivity contribution in [3.8, 4) is 0 Å². The summed E-state index contributed by atoms with van der Waals surface area (Å²) < 4.78 is 5.72. The molecule has 1 aromatic carbocycles. The van der Waals surface area contributed by atoms with Crippen LogP contribution in [-0.4, -0.2) is 105 Å². The molecule has 4 fully saturated rings. The molecule has 0 unspecified atom stereocenters. The second-order valence-electron chi connectivity index (χ2n) is 10.9. The summed E-state index contributed by atoms with van der Waals surface area (Å²) in [7, 11) is 1.83. The molecule has 5 rings (SSSR count). The lowest BCUT2D eigenvalue weighted by molar-refractivity contribution is -0.139. The number of amides is 2. The molecule has 3 aliphatic heterocycles. The first-order valence-electron chi connectivity index (χ1n) is 14.0. The zero-order valence-electron chi connectivity index (χ0n) is 22.2. The van der Waals surface area contributed by atoms with Crippen LogP contribution in [0.2, 0.25) is 0 Å². The van der Waals surface area contributed by atoms with Crippen LogP contribution in [0.15, 0.2) is 24.3 Å². The minimum atomic E-state index is -0.640. The van der Waals surface area contributed by atoms with Crippen LogP contribution in [0.25, 0.3) is 0 Å². The van der Waals surface area contributed by atoms with Crippen molar-refractivity contribution >= 4 is 23.3 Å². The fourth-order valence-corrected chi connectivity index (χ4v) is 6.54. The van der Waals surface area contributed by atoms with E-state index in [1.807, 2.05) is 31.3 Å². The van der Waals surface area contributed by atoms with Gasteiger partial charge in [-0.25, -0.2) is 0 Å². The fraction of sp³-hybridized carbons (Fsp3) is 0.679. The Morgan fingerprint density at radius 3 is 2.41 bits per heavy atom. The minimum absolute atomic E-state index is 0.0393. The number of ether oxygens (including phenoxy) is 1. The van der Waals surface area contributed by atoms with E-state index in [9.17, 15) is 14.4 Å². The third-order valence-electron chi connectivity index (χ3n) is 8.83. The predicted molar refractivity (Wildman–Crippen MR) is 142 cm³/mol. The van der Waals surface area contributed by atoms with Crippen LogP contribution in [0.5, 0.6) is 0 Å². The summed E-state index contributed by atoms with van der Waals surface area (Å²) >= 11 is 0. The number of hydrogen-bond acceptors (Lipinski definition) is 7. The summed E-state index contributed by atoms with van der Waals surface area (Å²) in [6.07, 6.45) is 4.75. The monoisotopic (exact) mass is 511 g/mol. The smallest absolute Gasteiger partial charge is 0.251 e. The number of nitrogens with one attached hydrogen (secondary N) is 2. The molecule has 1 aromatic rings. The Labute approximate surface area is 219 Å². The number of rotatable bonds is 7. The van der Waals surface area contributed by atoms with Crippen LogP contribution >= 0.6 is 0 Å². The molecular weight excluding hydrogens is 470 g/mol. The van der Waals surface area contributed by atoms with Gasteiger partial charge in [0.15, 0.2) is 5.78 Å². The predicted octanol–water partition coefficient (Wildman–Crippen LogP) is 1.27. The van der Waals surface area contributed by atoms with Gasteiger partial charge in [-0.05, 0) is 56.6 Å². The number of Topliss-reactive ketones (excluding diaryl/α,β-unsaturated/α-hetero) is 1. The number of piperazine rings is 1. The van der Waals surface area contributed by atoms with Crippen molar-refractivity contribution in [3.63, 3.8) is 0 Å². The lowest BCUT2D eigenvalue weighted by atomic mass is 9.83. The highest BCUT2D eigenvalue weighted by atomic mass is 16.5. The van der Waals surface area contributed by atoms with E-state index in [-0.39, 0.29) is 42.3 Å². The van der Waals surface area contributed by atoms with Crippen molar-refractivity contribution in [1.82, 2.24) is 20.4 Å². The highest BCUT2D eigenvalue weighted by Gasteiger charge is 2.53. The maximum Gasteiger partial charge on any atom is 0.251 e. The van der Waals surface area contributed by atoms with Gasteiger partial charge in [-0.3, -0.25) is 14.4 Å². The lowest BCUT2D eigenvalue weighted by Gasteiger charge is -2.35. The van der Waals surface area contributed by atoms with Crippen LogP contribution in [0, 0.1) is 5.92 Å². The number of likely N-dealkylation sites (tertiary alicyclic amines) is 1. The van der Waals surface area contributed by atoms with E-state index in [1.165, 1.54) is 0 Å². The third-order valence-corrected chi connectivity index (χ3v) is 8.83. The second-order valence-corrected chi connectivity index (χ2v) is 10.9. The molecule has 0 aromatic heterocycles. The van der Waals surface area contributed by atoms with Crippen molar-refractivity contribution in [3.05, 3.63) is 29.8 Å². The first-order valence-corrected chi connectivity index (χ1v) is 14.0.